The second kappa shape index (κ2) is 11.1. The molecule has 1 amide bonds. The van der Waals surface area contributed by atoms with Gasteiger partial charge in [-0.25, -0.2) is 9.07 Å². The first kappa shape index (κ1) is 24.9. The van der Waals surface area contributed by atoms with E-state index >= 15 is 0 Å². The molecule has 1 saturated heterocycles. The van der Waals surface area contributed by atoms with E-state index < -0.39 is 5.82 Å². The maximum atomic E-state index is 14.7. The number of thioether (sulfide) groups is 1. The van der Waals surface area contributed by atoms with E-state index in [2.05, 4.69) is 0 Å². The van der Waals surface area contributed by atoms with E-state index in [1.54, 1.807) is 27.8 Å². The van der Waals surface area contributed by atoms with Gasteiger partial charge < -0.3 is 4.74 Å². The first-order valence-electron chi connectivity index (χ1n) is 11.9. The van der Waals surface area contributed by atoms with Crippen molar-refractivity contribution < 1.29 is 13.9 Å². The van der Waals surface area contributed by atoms with Gasteiger partial charge >= 0.3 is 0 Å². The fourth-order valence-electron chi connectivity index (χ4n) is 4.07. The van der Waals surface area contributed by atoms with Crippen LogP contribution < -0.4 is 4.74 Å². The minimum absolute atomic E-state index is 0.137. The molecule has 1 fully saturated rings. The number of carbonyl (C=O) groups excluding carboxylic acids is 1. The van der Waals surface area contributed by atoms with Crippen molar-refractivity contribution in [1.29, 1.82) is 0 Å². The average molecular weight is 530 g/mol. The molecule has 0 radical (unpaired) electrons. The lowest BCUT2D eigenvalue weighted by atomic mass is 10.1. The summed E-state index contributed by atoms with van der Waals surface area (Å²) < 4.78 is 22.3. The van der Waals surface area contributed by atoms with Gasteiger partial charge in [-0.3, -0.25) is 9.69 Å². The molecule has 5 nitrogen and oxygen atoms in total. The topological polar surface area (TPSA) is 47.4 Å². The van der Waals surface area contributed by atoms with Gasteiger partial charge in [0.25, 0.3) is 5.91 Å². The molecule has 0 N–H and O–H groups in total. The summed E-state index contributed by atoms with van der Waals surface area (Å²) in [5.74, 6) is -0.413. The van der Waals surface area contributed by atoms with E-state index in [9.17, 15) is 9.18 Å². The molecule has 0 atom stereocenters. The van der Waals surface area contributed by atoms with E-state index in [1.807, 2.05) is 73.8 Å². The highest BCUT2D eigenvalue weighted by atomic mass is 32.2. The predicted molar refractivity (Wildman–Crippen MR) is 150 cm³/mol. The Bertz CT molecular complexity index is 1470. The third-order valence-electron chi connectivity index (χ3n) is 5.90. The lowest BCUT2D eigenvalue weighted by Gasteiger charge is -2.14. The minimum Gasteiger partial charge on any atom is -0.491 e. The van der Waals surface area contributed by atoms with E-state index in [0.717, 1.165) is 11.3 Å². The number of benzene rings is 3. The molecule has 0 aliphatic carbocycles. The van der Waals surface area contributed by atoms with Crippen LogP contribution in [0.25, 0.3) is 23.0 Å². The van der Waals surface area contributed by atoms with Crippen molar-refractivity contribution in [3.63, 3.8) is 0 Å². The van der Waals surface area contributed by atoms with Gasteiger partial charge in [-0.05, 0) is 55.3 Å². The summed E-state index contributed by atoms with van der Waals surface area (Å²) in [4.78, 5) is 15.4. The van der Waals surface area contributed by atoms with Gasteiger partial charge in [0, 0.05) is 23.9 Å². The van der Waals surface area contributed by atoms with Crippen LogP contribution in [0.4, 0.5) is 4.39 Å². The van der Waals surface area contributed by atoms with Gasteiger partial charge in [-0.1, -0.05) is 72.5 Å². The second-order valence-electron chi connectivity index (χ2n) is 8.36. The SMILES string of the molecule is CCOc1ccc(-c2nn(-c3ccccc3)cc2C=C2SC(=S)N(CCc3ccccc3)C2=O)cc1F. The molecular formula is C29H24FN3O2S2. The molecule has 0 spiro atoms. The Morgan fingerprint density at radius 2 is 1.78 bits per heavy atom. The lowest BCUT2D eigenvalue weighted by molar-refractivity contribution is -0.122. The molecule has 0 unspecified atom stereocenters. The summed E-state index contributed by atoms with van der Waals surface area (Å²) in [6.45, 7) is 2.69. The average Bonchev–Trinajstić information content (AvgIpc) is 3.45. The molecule has 3 aromatic carbocycles. The number of halogens is 1. The molecule has 186 valence electrons. The zero-order valence-electron chi connectivity index (χ0n) is 20.1. The highest BCUT2D eigenvalue weighted by Gasteiger charge is 2.32. The molecule has 2 heterocycles. The number of carbonyl (C=O) groups is 1. The highest BCUT2D eigenvalue weighted by Crippen LogP contribution is 2.35. The number of aromatic nitrogens is 2. The van der Waals surface area contributed by atoms with Crippen LogP contribution in [-0.4, -0.2) is 38.1 Å². The van der Waals surface area contributed by atoms with Gasteiger partial charge in [0.15, 0.2) is 11.6 Å². The van der Waals surface area contributed by atoms with Crippen molar-refractivity contribution in [2.24, 2.45) is 0 Å². The Hall–Kier alpha value is -3.75. The number of thiocarbonyl (C=S) groups is 1. The molecule has 4 aromatic rings. The summed E-state index contributed by atoms with van der Waals surface area (Å²) >= 11 is 6.80. The first-order chi connectivity index (χ1) is 18.0. The van der Waals surface area contributed by atoms with Crippen molar-refractivity contribution in [2.75, 3.05) is 13.2 Å². The van der Waals surface area contributed by atoms with Crippen LogP contribution in [0.5, 0.6) is 5.75 Å². The maximum Gasteiger partial charge on any atom is 0.266 e. The van der Waals surface area contributed by atoms with Crippen LogP contribution in [0, 0.1) is 5.82 Å². The van der Waals surface area contributed by atoms with Crippen molar-refractivity contribution in [2.45, 2.75) is 13.3 Å². The highest BCUT2D eigenvalue weighted by molar-refractivity contribution is 8.26. The summed E-state index contributed by atoms with van der Waals surface area (Å²) in [6, 6.07) is 24.4. The Labute approximate surface area is 224 Å². The maximum absolute atomic E-state index is 14.7. The van der Waals surface area contributed by atoms with E-state index in [4.69, 9.17) is 22.1 Å². The number of para-hydroxylation sites is 1. The number of rotatable bonds is 8. The van der Waals surface area contributed by atoms with Crippen molar-refractivity contribution >= 4 is 40.3 Å². The van der Waals surface area contributed by atoms with Gasteiger partial charge in [0.05, 0.1) is 17.2 Å². The smallest absolute Gasteiger partial charge is 0.266 e. The summed E-state index contributed by atoms with van der Waals surface area (Å²) in [5.41, 5.74) is 3.83. The van der Waals surface area contributed by atoms with Crippen molar-refractivity contribution in [3.05, 3.63) is 107 Å². The lowest BCUT2D eigenvalue weighted by Crippen LogP contribution is -2.30. The fraction of sp³-hybridized carbons (Fsp3) is 0.138. The van der Waals surface area contributed by atoms with Crippen molar-refractivity contribution in [3.8, 4) is 22.7 Å². The quantitative estimate of drug-likeness (QED) is 0.192. The molecule has 8 heteroatoms. The monoisotopic (exact) mass is 529 g/mol. The van der Waals surface area contributed by atoms with Gasteiger partial charge in [0.1, 0.15) is 10.0 Å². The number of amides is 1. The van der Waals surface area contributed by atoms with Gasteiger partial charge in [-0.15, -0.1) is 0 Å². The van der Waals surface area contributed by atoms with Crippen LogP contribution >= 0.6 is 24.0 Å². The van der Waals surface area contributed by atoms with Gasteiger partial charge in [0.2, 0.25) is 0 Å². The zero-order chi connectivity index (χ0) is 25.8. The third-order valence-corrected chi connectivity index (χ3v) is 7.27. The molecule has 1 aliphatic rings. The number of nitrogens with zero attached hydrogens (tertiary/aromatic N) is 3. The summed E-state index contributed by atoms with van der Waals surface area (Å²) in [7, 11) is 0. The molecule has 0 saturated carbocycles. The van der Waals surface area contributed by atoms with Crippen molar-refractivity contribution in [1.82, 2.24) is 14.7 Å². The normalized spacial score (nSPS) is 14.5. The van der Waals surface area contributed by atoms with E-state index in [-0.39, 0.29) is 11.7 Å². The molecule has 5 rings (SSSR count). The fourth-order valence-corrected chi connectivity index (χ4v) is 5.37. The Morgan fingerprint density at radius 3 is 2.49 bits per heavy atom. The van der Waals surface area contributed by atoms with Crippen LogP contribution in [0.3, 0.4) is 0 Å². The third kappa shape index (κ3) is 5.50. The number of hydrogen-bond acceptors (Lipinski definition) is 5. The van der Waals surface area contributed by atoms with Crippen LogP contribution in [0.15, 0.2) is 90.0 Å². The summed E-state index contributed by atoms with van der Waals surface area (Å²) in [6.07, 6.45) is 4.34. The molecular weight excluding hydrogens is 505 g/mol. The first-order valence-corrected chi connectivity index (χ1v) is 13.1. The zero-order valence-corrected chi connectivity index (χ0v) is 21.8. The Balaban J connectivity index is 1.48. The Kier molecular flexibility index (Phi) is 7.48. The molecule has 1 aromatic heterocycles. The number of ether oxygens (including phenoxy) is 1. The largest absolute Gasteiger partial charge is 0.491 e. The molecule has 37 heavy (non-hydrogen) atoms. The number of hydrogen-bond donors (Lipinski definition) is 0. The Morgan fingerprint density at radius 1 is 1.05 bits per heavy atom. The predicted octanol–water partition coefficient (Wildman–Crippen LogP) is 6.52. The van der Waals surface area contributed by atoms with Crippen LogP contribution in [-0.2, 0) is 11.2 Å². The second-order valence-corrected chi connectivity index (χ2v) is 10.0. The van der Waals surface area contributed by atoms with E-state index in [1.165, 1.54) is 17.8 Å². The van der Waals surface area contributed by atoms with E-state index in [0.29, 0.717) is 45.6 Å². The van der Waals surface area contributed by atoms with Crippen LogP contribution in [0.2, 0.25) is 0 Å². The minimum atomic E-state index is -0.466. The van der Waals surface area contributed by atoms with Crippen LogP contribution in [0.1, 0.15) is 18.1 Å². The van der Waals surface area contributed by atoms with Gasteiger partial charge in [-0.2, -0.15) is 5.10 Å². The summed E-state index contributed by atoms with van der Waals surface area (Å²) in [5, 5.41) is 4.75. The standard InChI is InChI=1S/C29H24FN3O2S2/c1-2-35-25-14-13-21(17-24(25)30)27-22(19-33(31-27)23-11-7-4-8-12-23)18-26-28(34)32(29(36)37-26)16-15-20-9-5-3-6-10-20/h3-14,17-19H,2,15-16H2,1H3. The molecule has 0 bridgehead atoms. The molecule has 1 aliphatic heterocycles.